The third kappa shape index (κ3) is 55.4. The largest absolute Gasteiger partial charge is 0.466 e. The summed E-state index contributed by atoms with van der Waals surface area (Å²) >= 11 is 0. The number of allylic oxidation sites excluding steroid dienone is 5. The van der Waals surface area contributed by atoms with Gasteiger partial charge in [-0.1, -0.05) is 275 Å². The fraction of sp³-hybridized carbons (Fsp3) is 0.875. The zero-order chi connectivity index (χ0) is 50.7. The molecule has 0 saturated carbocycles. The highest BCUT2D eigenvalue weighted by molar-refractivity contribution is 5.76. The van der Waals surface area contributed by atoms with Gasteiger partial charge in [-0.15, -0.1) is 0 Å². The lowest BCUT2D eigenvalue weighted by molar-refractivity contribution is -0.143. The van der Waals surface area contributed by atoms with Gasteiger partial charge in [0.1, 0.15) is 0 Å². The van der Waals surface area contributed by atoms with Crippen molar-refractivity contribution < 1.29 is 24.5 Å². The summed E-state index contributed by atoms with van der Waals surface area (Å²) in [7, 11) is 0. The molecule has 2 unspecified atom stereocenters. The molecule has 0 aliphatic rings. The maximum absolute atomic E-state index is 12.5. The smallest absolute Gasteiger partial charge is 0.305 e. The van der Waals surface area contributed by atoms with Crippen LogP contribution in [-0.2, 0) is 14.3 Å². The monoisotopic (exact) mass is 984 g/mol. The van der Waals surface area contributed by atoms with E-state index >= 15 is 0 Å². The molecule has 0 aliphatic carbocycles. The molecule has 6 nitrogen and oxygen atoms in total. The second kappa shape index (κ2) is 59.6. The van der Waals surface area contributed by atoms with Gasteiger partial charge in [-0.05, 0) is 83.5 Å². The molecule has 0 aromatic heterocycles. The average molecular weight is 985 g/mol. The molecule has 0 fully saturated rings. The Hall–Kier alpha value is -1.92. The first kappa shape index (κ1) is 68.1. The molecule has 412 valence electrons. The van der Waals surface area contributed by atoms with Gasteiger partial charge in [0.25, 0.3) is 0 Å². The summed E-state index contributed by atoms with van der Waals surface area (Å²) in [5.41, 5.74) is 0. The lowest BCUT2D eigenvalue weighted by atomic mass is 10.0. The standard InChI is InChI=1S/C64H121NO5/c1-3-5-7-9-11-13-15-17-19-20-21-22-23-25-29-32-36-40-44-48-52-56-62(67)61(60-66)65-63(68)57-53-49-45-41-37-33-30-26-24-27-31-35-39-43-47-51-55-59-70-64(69)58-54-50-46-42-38-34-28-18-16-14-12-10-8-6-4-2/h18,24,27-28,52,56,61-62,66-67H,3-17,19-23,25-26,29-51,53-55,57-60H2,1-2H3,(H,65,68)/b27-24-,28-18-,56-52+. The summed E-state index contributed by atoms with van der Waals surface area (Å²) in [6, 6.07) is -0.638. The summed E-state index contributed by atoms with van der Waals surface area (Å²) in [6.07, 6.45) is 74.6. The van der Waals surface area contributed by atoms with Crippen LogP contribution in [0.3, 0.4) is 0 Å². The Morgan fingerprint density at radius 1 is 0.386 bits per heavy atom. The Kier molecular flexibility index (Phi) is 58.0. The Labute approximate surface area is 436 Å². The molecule has 0 aromatic carbocycles. The maximum Gasteiger partial charge on any atom is 0.305 e. The number of ether oxygens (including phenoxy) is 1. The third-order valence-electron chi connectivity index (χ3n) is 14.4. The van der Waals surface area contributed by atoms with E-state index < -0.39 is 12.1 Å². The van der Waals surface area contributed by atoms with Gasteiger partial charge in [0, 0.05) is 12.8 Å². The predicted molar refractivity (Wildman–Crippen MR) is 306 cm³/mol. The number of amides is 1. The van der Waals surface area contributed by atoms with E-state index in [9.17, 15) is 19.8 Å². The van der Waals surface area contributed by atoms with Crippen molar-refractivity contribution >= 4 is 11.9 Å². The van der Waals surface area contributed by atoms with E-state index in [1.54, 1.807) is 6.08 Å². The molecule has 3 N–H and O–H groups in total. The number of carbonyl (C=O) groups excluding carboxylic acids is 2. The van der Waals surface area contributed by atoms with Gasteiger partial charge in [0.15, 0.2) is 0 Å². The van der Waals surface area contributed by atoms with Crippen LogP contribution >= 0.6 is 0 Å². The van der Waals surface area contributed by atoms with Gasteiger partial charge in [-0.25, -0.2) is 0 Å². The number of carbonyl (C=O) groups is 2. The molecule has 0 spiro atoms. The number of hydrogen-bond donors (Lipinski definition) is 3. The summed E-state index contributed by atoms with van der Waals surface area (Å²) in [5.74, 6) is -0.0882. The second-order valence-electron chi connectivity index (χ2n) is 21.4. The molecule has 70 heavy (non-hydrogen) atoms. The van der Waals surface area contributed by atoms with Gasteiger partial charge in [0.05, 0.1) is 25.4 Å². The lowest BCUT2D eigenvalue weighted by Crippen LogP contribution is -2.45. The minimum atomic E-state index is -0.854. The van der Waals surface area contributed by atoms with Gasteiger partial charge < -0.3 is 20.3 Å². The summed E-state index contributed by atoms with van der Waals surface area (Å²) in [6.45, 7) is 4.89. The Morgan fingerprint density at radius 3 is 1.01 bits per heavy atom. The van der Waals surface area contributed by atoms with Crippen molar-refractivity contribution in [3.05, 3.63) is 36.5 Å². The minimum Gasteiger partial charge on any atom is -0.466 e. The fourth-order valence-electron chi connectivity index (χ4n) is 9.57. The van der Waals surface area contributed by atoms with Crippen LogP contribution in [0.25, 0.3) is 0 Å². The maximum atomic E-state index is 12.5. The first-order chi connectivity index (χ1) is 34.5. The van der Waals surface area contributed by atoms with E-state index in [0.717, 1.165) is 57.8 Å². The number of nitrogens with one attached hydrogen (secondary N) is 1. The number of esters is 1. The van der Waals surface area contributed by atoms with Crippen molar-refractivity contribution in [3.63, 3.8) is 0 Å². The highest BCUT2D eigenvalue weighted by atomic mass is 16.5. The highest BCUT2D eigenvalue weighted by Crippen LogP contribution is 2.17. The van der Waals surface area contributed by atoms with Crippen LogP contribution in [0.15, 0.2) is 36.5 Å². The van der Waals surface area contributed by atoms with Crippen molar-refractivity contribution in [1.29, 1.82) is 0 Å². The molecule has 0 bridgehead atoms. The molecule has 0 heterocycles. The highest BCUT2D eigenvalue weighted by Gasteiger charge is 2.18. The zero-order valence-corrected chi connectivity index (χ0v) is 47.0. The zero-order valence-electron chi connectivity index (χ0n) is 47.0. The van der Waals surface area contributed by atoms with Gasteiger partial charge in [-0.2, -0.15) is 0 Å². The van der Waals surface area contributed by atoms with Crippen LogP contribution in [0.1, 0.15) is 335 Å². The molecule has 1 amide bonds. The molecule has 0 saturated heterocycles. The number of hydrogen-bond acceptors (Lipinski definition) is 5. The Morgan fingerprint density at radius 2 is 0.671 bits per heavy atom. The molecule has 0 aromatic rings. The topological polar surface area (TPSA) is 95.9 Å². The predicted octanol–water partition coefficient (Wildman–Crippen LogP) is 19.6. The van der Waals surface area contributed by atoms with Crippen molar-refractivity contribution in [1.82, 2.24) is 5.32 Å². The van der Waals surface area contributed by atoms with E-state index in [2.05, 4.69) is 43.5 Å². The van der Waals surface area contributed by atoms with Gasteiger partial charge in [0.2, 0.25) is 5.91 Å². The van der Waals surface area contributed by atoms with Gasteiger partial charge >= 0.3 is 5.97 Å². The molecule has 0 radical (unpaired) electrons. The van der Waals surface area contributed by atoms with Crippen LogP contribution in [0.5, 0.6) is 0 Å². The third-order valence-corrected chi connectivity index (χ3v) is 14.4. The van der Waals surface area contributed by atoms with Crippen LogP contribution in [0.4, 0.5) is 0 Å². The molecule has 0 rings (SSSR count). The Bertz CT molecular complexity index is 1130. The van der Waals surface area contributed by atoms with E-state index in [0.29, 0.717) is 19.4 Å². The number of unbranched alkanes of at least 4 members (excludes halogenated alkanes) is 43. The fourth-order valence-corrected chi connectivity index (χ4v) is 9.57. The molecular formula is C64H121NO5. The van der Waals surface area contributed by atoms with Crippen molar-refractivity contribution in [2.75, 3.05) is 13.2 Å². The van der Waals surface area contributed by atoms with Gasteiger partial charge in [-0.3, -0.25) is 9.59 Å². The molecule has 2 atom stereocenters. The van der Waals surface area contributed by atoms with Crippen LogP contribution in [0, 0.1) is 0 Å². The summed E-state index contributed by atoms with van der Waals surface area (Å²) < 4.78 is 5.47. The normalized spacial score (nSPS) is 12.8. The van der Waals surface area contributed by atoms with Crippen molar-refractivity contribution in [2.45, 2.75) is 347 Å². The first-order valence-electron chi connectivity index (χ1n) is 31.3. The Balaban J connectivity index is 3.49. The van der Waals surface area contributed by atoms with Crippen LogP contribution in [-0.4, -0.2) is 47.4 Å². The van der Waals surface area contributed by atoms with Crippen molar-refractivity contribution in [3.8, 4) is 0 Å². The van der Waals surface area contributed by atoms with E-state index in [-0.39, 0.29) is 18.5 Å². The number of aliphatic hydroxyl groups excluding tert-OH is 2. The van der Waals surface area contributed by atoms with E-state index in [1.807, 2.05) is 6.08 Å². The molecule has 0 aliphatic heterocycles. The van der Waals surface area contributed by atoms with Crippen molar-refractivity contribution in [2.24, 2.45) is 0 Å². The molecular weight excluding hydrogens is 863 g/mol. The number of aliphatic hydroxyl groups is 2. The lowest BCUT2D eigenvalue weighted by Gasteiger charge is -2.20. The summed E-state index contributed by atoms with van der Waals surface area (Å²) in [4.78, 5) is 24.5. The van der Waals surface area contributed by atoms with Crippen LogP contribution in [0.2, 0.25) is 0 Å². The van der Waals surface area contributed by atoms with E-state index in [1.165, 1.54) is 250 Å². The first-order valence-corrected chi connectivity index (χ1v) is 31.3. The van der Waals surface area contributed by atoms with Crippen LogP contribution < -0.4 is 5.32 Å². The van der Waals surface area contributed by atoms with E-state index in [4.69, 9.17) is 4.74 Å². The average Bonchev–Trinajstić information content (AvgIpc) is 3.36. The SMILES string of the molecule is CCCCCCCC/C=C\CCCCCCCC(=O)OCCCCCCCC/C=C\CCCCCCCCCC(=O)NC(CO)C(O)/C=C/CCCCCCCCCCCCCCCCCCCCC. The summed E-state index contributed by atoms with van der Waals surface area (Å²) in [5, 5.41) is 23.2. The second-order valence-corrected chi connectivity index (χ2v) is 21.4. The molecule has 6 heteroatoms. The number of rotatable bonds is 58. The minimum absolute atomic E-state index is 0.0104. The quantitative estimate of drug-likeness (QED) is 0.0321.